The predicted molar refractivity (Wildman–Crippen MR) is 78.4 cm³/mol. The Kier molecular flexibility index (Phi) is 6.70. The van der Waals surface area contributed by atoms with E-state index in [-0.39, 0.29) is 0 Å². The van der Waals surface area contributed by atoms with Gasteiger partial charge in [-0.25, -0.2) is 0 Å². The molecule has 0 heterocycles. The first-order valence-electron chi connectivity index (χ1n) is 7.08. The Morgan fingerprint density at radius 3 is 2.56 bits per heavy atom. The summed E-state index contributed by atoms with van der Waals surface area (Å²) in [6.07, 6.45) is 16.3. The van der Waals surface area contributed by atoms with Gasteiger partial charge in [-0.3, -0.25) is 0 Å². The normalized spacial score (nSPS) is 36.6. The quantitative estimate of drug-likeness (QED) is 0.509. The molecule has 0 radical (unpaired) electrons. The lowest BCUT2D eigenvalue weighted by atomic mass is 9.89. The van der Waals surface area contributed by atoms with Crippen molar-refractivity contribution in [2.45, 2.75) is 46.5 Å². The highest BCUT2D eigenvalue weighted by Gasteiger charge is 2.10. The minimum atomic E-state index is 0.424. The van der Waals surface area contributed by atoms with Gasteiger partial charge in [-0.1, -0.05) is 49.8 Å². The predicted octanol–water partition coefficient (Wildman–Crippen LogP) is 4.71. The molecule has 3 unspecified atom stereocenters. The largest absolute Gasteiger partial charge is 0.303 e. The zero-order valence-corrected chi connectivity index (χ0v) is 11.9. The van der Waals surface area contributed by atoms with Crippen LogP contribution in [0.5, 0.6) is 0 Å². The Hall–Kier alpha value is -1.11. The second-order valence-corrected chi connectivity index (χ2v) is 5.44. The van der Waals surface area contributed by atoms with Crippen molar-refractivity contribution in [2.24, 2.45) is 17.8 Å². The number of aldehydes is 1. The van der Waals surface area contributed by atoms with Crippen LogP contribution in [0.3, 0.4) is 0 Å². The van der Waals surface area contributed by atoms with Gasteiger partial charge < -0.3 is 4.79 Å². The summed E-state index contributed by atoms with van der Waals surface area (Å²) in [5.74, 6) is 1.61. The van der Waals surface area contributed by atoms with Gasteiger partial charge in [0.05, 0.1) is 0 Å². The molecule has 0 saturated carbocycles. The van der Waals surface area contributed by atoms with Gasteiger partial charge >= 0.3 is 0 Å². The maximum absolute atomic E-state index is 10.7. The zero-order chi connectivity index (χ0) is 13.4. The zero-order valence-electron chi connectivity index (χ0n) is 11.9. The van der Waals surface area contributed by atoms with Crippen molar-refractivity contribution in [2.75, 3.05) is 0 Å². The Morgan fingerprint density at radius 1 is 1.22 bits per heavy atom. The van der Waals surface area contributed by atoms with E-state index in [4.69, 9.17) is 0 Å². The monoisotopic (exact) mass is 246 g/mol. The van der Waals surface area contributed by atoms with Crippen molar-refractivity contribution in [1.82, 2.24) is 0 Å². The fourth-order valence-electron chi connectivity index (χ4n) is 2.32. The van der Waals surface area contributed by atoms with Crippen molar-refractivity contribution in [3.05, 3.63) is 36.0 Å². The fourth-order valence-corrected chi connectivity index (χ4v) is 2.32. The van der Waals surface area contributed by atoms with Crippen LogP contribution < -0.4 is 0 Å². The highest BCUT2D eigenvalue weighted by molar-refractivity contribution is 5.50. The van der Waals surface area contributed by atoms with Gasteiger partial charge in [0.1, 0.15) is 6.29 Å². The van der Waals surface area contributed by atoms with Crippen molar-refractivity contribution in [3.8, 4) is 0 Å². The standard InChI is InChI=1S/C17H26O/c1-14-8-4-5-10-16(3)17(12-13-18)11-7-6-9-15(14)2/h4,6,8-10,13-15,17H,5,7,11-12H2,1-3H3/b8-4-,9-6-,16-10+. The van der Waals surface area contributed by atoms with E-state index in [0.717, 1.165) is 25.5 Å². The Labute approximate surface area is 112 Å². The van der Waals surface area contributed by atoms with E-state index in [9.17, 15) is 4.79 Å². The topological polar surface area (TPSA) is 17.1 Å². The summed E-state index contributed by atoms with van der Waals surface area (Å²) in [6, 6.07) is 0. The minimum Gasteiger partial charge on any atom is -0.303 e. The third kappa shape index (κ3) is 5.03. The first-order valence-corrected chi connectivity index (χ1v) is 7.08. The van der Waals surface area contributed by atoms with Crippen LogP contribution in [0.2, 0.25) is 0 Å². The third-order valence-corrected chi connectivity index (χ3v) is 3.99. The van der Waals surface area contributed by atoms with Crippen LogP contribution in [0.4, 0.5) is 0 Å². The van der Waals surface area contributed by atoms with Gasteiger partial charge in [0.15, 0.2) is 0 Å². The second kappa shape index (κ2) is 8.07. The fraction of sp³-hybridized carbons (Fsp3) is 0.588. The summed E-state index contributed by atoms with van der Waals surface area (Å²) < 4.78 is 0. The molecule has 1 heteroatoms. The van der Waals surface area contributed by atoms with Crippen molar-refractivity contribution < 1.29 is 4.79 Å². The smallest absolute Gasteiger partial charge is 0.120 e. The Bertz CT molecular complexity index is 336. The third-order valence-electron chi connectivity index (χ3n) is 3.99. The molecule has 0 amide bonds. The first kappa shape index (κ1) is 14.9. The van der Waals surface area contributed by atoms with Gasteiger partial charge in [-0.2, -0.15) is 0 Å². The molecule has 1 aliphatic carbocycles. The molecule has 0 aromatic carbocycles. The van der Waals surface area contributed by atoms with Crippen molar-refractivity contribution in [1.29, 1.82) is 0 Å². The molecule has 1 aliphatic rings. The van der Waals surface area contributed by atoms with E-state index in [1.807, 2.05) is 0 Å². The van der Waals surface area contributed by atoms with Gasteiger partial charge in [-0.15, -0.1) is 0 Å². The van der Waals surface area contributed by atoms with Gasteiger partial charge in [0, 0.05) is 6.42 Å². The second-order valence-electron chi connectivity index (χ2n) is 5.44. The van der Waals surface area contributed by atoms with Crippen LogP contribution in [0, 0.1) is 17.8 Å². The molecular formula is C17H26O. The SMILES string of the molecule is C/C1=C\C/C=C\C(C)C(C)/C=C\CCC1CC=O. The molecule has 3 atom stereocenters. The summed E-state index contributed by atoms with van der Waals surface area (Å²) >= 11 is 0. The highest BCUT2D eigenvalue weighted by atomic mass is 16.1. The van der Waals surface area contributed by atoms with Gasteiger partial charge in [0.25, 0.3) is 0 Å². The van der Waals surface area contributed by atoms with Crippen LogP contribution in [0.15, 0.2) is 36.0 Å². The average molecular weight is 246 g/mol. The molecule has 0 spiro atoms. The number of rotatable bonds is 2. The maximum atomic E-state index is 10.7. The number of hydrogen-bond donors (Lipinski definition) is 0. The van der Waals surface area contributed by atoms with E-state index in [1.54, 1.807) is 0 Å². The highest BCUT2D eigenvalue weighted by Crippen LogP contribution is 2.22. The molecule has 1 rings (SSSR count). The summed E-state index contributed by atoms with van der Waals surface area (Å²) in [4.78, 5) is 10.7. The molecule has 18 heavy (non-hydrogen) atoms. The molecule has 0 N–H and O–H groups in total. The lowest BCUT2D eigenvalue weighted by Gasteiger charge is -2.16. The van der Waals surface area contributed by atoms with Gasteiger partial charge in [-0.05, 0) is 43.9 Å². The number of allylic oxidation sites excluding steroid dienone is 6. The Morgan fingerprint density at radius 2 is 1.89 bits per heavy atom. The van der Waals surface area contributed by atoms with Crippen LogP contribution in [0.1, 0.15) is 46.5 Å². The summed E-state index contributed by atoms with van der Waals surface area (Å²) in [5, 5.41) is 0. The van der Waals surface area contributed by atoms with Crippen molar-refractivity contribution in [3.63, 3.8) is 0 Å². The molecule has 0 bridgehead atoms. The average Bonchev–Trinajstić information content (AvgIpc) is 2.36. The summed E-state index contributed by atoms with van der Waals surface area (Å²) in [6.45, 7) is 6.69. The molecule has 100 valence electrons. The van der Waals surface area contributed by atoms with Crippen LogP contribution in [0.25, 0.3) is 0 Å². The van der Waals surface area contributed by atoms with E-state index in [1.165, 1.54) is 5.57 Å². The summed E-state index contributed by atoms with van der Waals surface area (Å²) in [5.41, 5.74) is 1.36. The maximum Gasteiger partial charge on any atom is 0.120 e. The van der Waals surface area contributed by atoms with Crippen LogP contribution in [-0.4, -0.2) is 6.29 Å². The van der Waals surface area contributed by atoms with Crippen LogP contribution >= 0.6 is 0 Å². The van der Waals surface area contributed by atoms with E-state index in [0.29, 0.717) is 24.2 Å². The molecule has 0 aliphatic heterocycles. The molecule has 0 fully saturated rings. The van der Waals surface area contributed by atoms with Crippen molar-refractivity contribution >= 4 is 6.29 Å². The number of hydrogen-bond acceptors (Lipinski definition) is 1. The lowest BCUT2D eigenvalue weighted by molar-refractivity contribution is -0.108. The number of carbonyl (C=O) groups is 1. The molecule has 0 aromatic rings. The number of carbonyl (C=O) groups excluding carboxylic acids is 1. The molecule has 0 saturated heterocycles. The minimum absolute atomic E-state index is 0.424. The Balaban J connectivity index is 2.78. The molecule has 1 nitrogen and oxygen atoms in total. The van der Waals surface area contributed by atoms with Gasteiger partial charge in [0.2, 0.25) is 0 Å². The lowest BCUT2D eigenvalue weighted by Crippen LogP contribution is -2.05. The van der Waals surface area contributed by atoms with Crippen LogP contribution in [-0.2, 0) is 4.79 Å². The van der Waals surface area contributed by atoms with E-state index >= 15 is 0 Å². The first-order chi connectivity index (χ1) is 8.65. The summed E-state index contributed by atoms with van der Waals surface area (Å²) in [7, 11) is 0. The molecule has 0 aromatic heterocycles. The van der Waals surface area contributed by atoms with E-state index in [2.05, 4.69) is 51.2 Å². The molecular weight excluding hydrogens is 220 g/mol. The van der Waals surface area contributed by atoms with E-state index < -0.39 is 0 Å².